The Labute approximate surface area is 94.8 Å². The van der Waals surface area contributed by atoms with Gasteiger partial charge in [0.1, 0.15) is 5.82 Å². The third kappa shape index (κ3) is 3.16. The fourth-order valence-corrected chi connectivity index (χ4v) is 1.61. The number of benzene rings is 1. The molecule has 0 fully saturated rings. The highest BCUT2D eigenvalue weighted by Crippen LogP contribution is 2.23. The SMILES string of the molecule is CC(c1ccc(F)c(Cl)c1)N(C)CCN. The molecule has 0 spiro atoms. The van der Waals surface area contributed by atoms with Gasteiger partial charge in [0, 0.05) is 19.1 Å². The summed E-state index contributed by atoms with van der Waals surface area (Å²) in [5.74, 6) is -0.380. The lowest BCUT2D eigenvalue weighted by Gasteiger charge is -2.24. The predicted octanol–water partition coefficient (Wildman–Crippen LogP) is 2.43. The Bertz CT molecular complexity index is 330. The van der Waals surface area contributed by atoms with Gasteiger partial charge in [-0.25, -0.2) is 4.39 Å². The molecular weight excluding hydrogens is 215 g/mol. The maximum Gasteiger partial charge on any atom is 0.141 e. The molecule has 0 aliphatic heterocycles. The van der Waals surface area contributed by atoms with Gasteiger partial charge >= 0.3 is 0 Å². The first kappa shape index (κ1) is 12.4. The van der Waals surface area contributed by atoms with Crippen LogP contribution < -0.4 is 5.73 Å². The van der Waals surface area contributed by atoms with Gasteiger partial charge in [0.2, 0.25) is 0 Å². The second-order valence-electron chi connectivity index (χ2n) is 3.62. The van der Waals surface area contributed by atoms with Gasteiger partial charge < -0.3 is 5.73 Å². The molecule has 84 valence electrons. The van der Waals surface area contributed by atoms with Crippen LogP contribution in [0.3, 0.4) is 0 Å². The molecule has 0 aliphatic carbocycles. The number of hydrogen-bond donors (Lipinski definition) is 1. The van der Waals surface area contributed by atoms with Gasteiger partial charge in [0.25, 0.3) is 0 Å². The van der Waals surface area contributed by atoms with Crippen LogP contribution in [0.15, 0.2) is 18.2 Å². The summed E-state index contributed by atoms with van der Waals surface area (Å²) in [6.07, 6.45) is 0. The van der Waals surface area contributed by atoms with Gasteiger partial charge in [-0.3, -0.25) is 4.90 Å². The predicted molar refractivity (Wildman–Crippen MR) is 61.5 cm³/mol. The molecule has 15 heavy (non-hydrogen) atoms. The Kier molecular flexibility index (Phi) is 4.51. The van der Waals surface area contributed by atoms with E-state index in [2.05, 4.69) is 4.90 Å². The molecule has 0 saturated carbocycles. The zero-order valence-corrected chi connectivity index (χ0v) is 9.76. The smallest absolute Gasteiger partial charge is 0.141 e. The van der Waals surface area contributed by atoms with Crippen LogP contribution in [0.2, 0.25) is 5.02 Å². The van der Waals surface area contributed by atoms with Gasteiger partial charge in [-0.15, -0.1) is 0 Å². The van der Waals surface area contributed by atoms with Crippen molar-refractivity contribution in [2.45, 2.75) is 13.0 Å². The monoisotopic (exact) mass is 230 g/mol. The Morgan fingerprint density at radius 1 is 1.53 bits per heavy atom. The average molecular weight is 231 g/mol. The molecule has 0 saturated heterocycles. The lowest BCUT2D eigenvalue weighted by molar-refractivity contribution is 0.269. The summed E-state index contributed by atoms with van der Waals surface area (Å²) < 4.78 is 12.9. The summed E-state index contributed by atoms with van der Waals surface area (Å²) in [5.41, 5.74) is 6.47. The van der Waals surface area contributed by atoms with Crippen LogP contribution in [-0.2, 0) is 0 Å². The van der Waals surface area contributed by atoms with E-state index in [4.69, 9.17) is 17.3 Å². The molecule has 0 aromatic heterocycles. The summed E-state index contributed by atoms with van der Waals surface area (Å²) in [5, 5.41) is 0.167. The summed E-state index contributed by atoms with van der Waals surface area (Å²) in [4.78, 5) is 2.10. The minimum absolute atomic E-state index is 0.167. The van der Waals surface area contributed by atoms with Crippen molar-refractivity contribution in [1.29, 1.82) is 0 Å². The minimum Gasteiger partial charge on any atom is -0.329 e. The Morgan fingerprint density at radius 2 is 2.20 bits per heavy atom. The van der Waals surface area contributed by atoms with Crippen molar-refractivity contribution in [3.05, 3.63) is 34.6 Å². The van der Waals surface area contributed by atoms with Gasteiger partial charge in [-0.1, -0.05) is 17.7 Å². The van der Waals surface area contributed by atoms with Gasteiger partial charge in [-0.2, -0.15) is 0 Å². The zero-order valence-electron chi connectivity index (χ0n) is 9.00. The first-order valence-corrected chi connectivity index (χ1v) is 5.29. The number of nitrogens with zero attached hydrogens (tertiary/aromatic N) is 1. The largest absolute Gasteiger partial charge is 0.329 e. The molecule has 0 radical (unpaired) electrons. The van der Waals surface area contributed by atoms with Crippen molar-refractivity contribution in [2.75, 3.05) is 20.1 Å². The van der Waals surface area contributed by atoms with Crippen molar-refractivity contribution in [3.8, 4) is 0 Å². The van der Waals surface area contributed by atoms with E-state index in [0.717, 1.165) is 12.1 Å². The molecule has 0 bridgehead atoms. The summed E-state index contributed by atoms with van der Waals surface area (Å²) in [6, 6.07) is 4.99. The van der Waals surface area contributed by atoms with Crippen molar-refractivity contribution >= 4 is 11.6 Å². The van der Waals surface area contributed by atoms with Crippen LogP contribution >= 0.6 is 11.6 Å². The molecule has 1 aromatic carbocycles. The van der Waals surface area contributed by atoms with Gasteiger partial charge in [-0.05, 0) is 31.7 Å². The molecule has 1 atom stereocenters. The highest BCUT2D eigenvalue weighted by molar-refractivity contribution is 6.30. The lowest BCUT2D eigenvalue weighted by atomic mass is 10.1. The van der Waals surface area contributed by atoms with E-state index in [1.54, 1.807) is 12.1 Å². The van der Waals surface area contributed by atoms with E-state index in [-0.39, 0.29) is 16.9 Å². The molecule has 2 nitrogen and oxygen atoms in total. The van der Waals surface area contributed by atoms with Crippen molar-refractivity contribution < 1.29 is 4.39 Å². The Morgan fingerprint density at radius 3 is 2.73 bits per heavy atom. The van der Waals surface area contributed by atoms with Crippen molar-refractivity contribution in [3.63, 3.8) is 0 Å². The van der Waals surface area contributed by atoms with E-state index < -0.39 is 0 Å². The fraction of sp³-hybridized carbons (Fsp3) is 0.455. The zero-order chi connectivity index (χ0) is 11.4. The molecule has 0 amide bonds. The fourth-order valence-electron chi connectivity index (χ4n) is 1.42. The first-order valence-electron chi connectivity index (χ1n) is 4.91. The van der Waals surface area contributed by atoms with Gasteiger partial charge in [0.15, 0.2) is 0 Å². The van der Waals surface area contributed by atoms with Crippen LogP contribution in [0, 0.1) is 5.82 Å². The van der Waals surface area contributed by atoms with E-state index in [9.17, 15) is 4.39 Å². The Balaban J connectivity index is 2.81. The highest BCUT2D eigenvalue weighted by atomic mass is 35.5. The molecule has 1 unspecified atom stereocenters. The standard InChI is InChI=1S/C11H16ClFN2/c1-8(15(2)6-5-14)9-3-4-11(13)10(12)7-9/h3-4,7-8H,5-6,14H2,1-2H3. The molecule has 1 rings (SSSR count). The van der Waals surface area contributed by atoms with E-state index >= 15 is 0 Å². The normalized spacial score (nSPS) is 13.2. The molecule has 0 heterocycles. The summed E-state index contributed by atoms with van der Waals surface area (Å²) in [6.45, 7) is 3.45. The maximum absolute atomic E-state index is 12.9. The minimum atomic E-state index is -0.380. The molecule has 4 heteroatoms. The number of hydrogen-bond acceptors (Lipinski definition) is 2. The average Bonchev–Trinajstić information content (AvgIpc) is 2.21. The summed E-state index contributed by atoms with van der Waals surface area (Å²) >= 11 is 5.72. The number of likely N-dealkylation sites (N-methyl/N-ethyl adjacent to an activating group) is 1. The quantitative estimate of drug-likeness (QED) is 0.861. The number of rotatable bonds is 4. The molecule has 2 N–H and O–H groups in total. The molecular formula is C11H16ClFN2. The third-order valence-corrected chi connectivity index (χ3v) is 2.86. The topological polar surface area (TPSA) is 29.3 Å². The lowest BCUT2D eigenvalue weighted by Crippen LogP contribution is -2.28. The maximum atomic E-state index is 12.9. The second-order valence-corrected chi connectivity index (χ2v) is 4.03. The van der Waals surface area contributed by atoms with Crippen LogP contribution in [0.25, 0.3) is 0 Å². The van der Waals surface area contributed by atoms with Crippen LogP contribution in [-0.4, -0.2) is 25.0 Å². The van der Waals surface area contributed by atoms with Crippen LogP contribution in [0.5, 0.6) is 0 Å². The second kappa shape index (κ2) is 5.45. The van der Waals surface area contributed by atoms with Crippen molar-refractivity contribution in [2.24, 2.45) is 5.73 Å². The number of halogens is 2. The number of nitrogens with two attached hydrogens (primary N) is 1. The van der Waals surface area contributed by atoms with Gasteiger partial charge in [0.05, 0.1) is 5.02 Å². The van der Waals surface area contributed by atoms with Crippen LogP contribution in [0.1, 0.15) is 18.5 Å². The highest BCUT2D eigenvalue weighted by Gasteiger charge is 2.12. The van der Waals surface area contributed by atoms with Crippen LogP contribution in [0.4, 0.5) is 4.39 Å². The Hall–Kier alpha value is -0.640. The first-order chi connectivity index (χ1) is 7.06. The van der Waals surface area contributed by atoms with E-state index in [1.807, 2.05) is 14.0 Å². The molecule has 0 aliphatic rings. The molecule has 1 aromatic rings. The third-order valence-electron chi connectivity index (χ3n) is 2.57. The van der Waals surface area contributed by atoms with E-state index in [1.165, 1.54) is 6.07 Å². The summed E-state index contributed by atoms with van der Waals surface area (Å²) in [7, 11) is 1.98. The van der Waals surface area contributed by atoms with Crippen molar-refractivity contribution in [1.82, 2.24) is 4.90 Å². The van der Waals surface area contributed by atoms with E-state index in [0.29, 0.717) is 6.54 Å².